The van der Waals surface area contributed by atoms with Gasteiger partial charge in [0, 0.05) is 30.1 Å². The number of benzene rings is 2. The van der Waals surface area contributed by atoms with Crippen molar-refractivity contribution in [3.05, 3.63) is 76.5 Å². The number of fused-ring (bicyclic) bond motifs is 2. The molecule has 0 aliphatic heterocycles. The molecular formula is C20H18N4O2. The highest BCUT2D eigenvalue weighted by atomic mass is 16.1. The number of carbonyl (C=O) groups is 1. The molecule has 0 radical (unpaired) electrons. The fourth-order valence-corrected chi connectivity index (χ4v) is 3.09. The van der Waals surface area contributed by atoms with E-state index in [1.165, 1.54) is 0 Å². The van der Waals surface area contributed by atoms with Gasteiger partial charge in [0.25, 0.3) is 5.56 Å². The topological polar surface area (TPSA) is 90.6 Å². The Morgan fingerprint density at radius 1 is 1.04 bits per heavy atom. The van der Waals surface area contributed by atoms with Crippen molar-refractivity contribution in [2.24, 2.45) is 0 Å². The molecule has 1 amide bonds. The quantitative estimate of drug-likeness (QED) is 0.518. The molecule has 4 rings (SSSR count). The standard InChI is InChI=1S/C20H18N4O2/c25-19(11-13-12-22-16-7-3-1-5-14(13)16)21-10-9-18-23-17-8-4-2-6-15(17)20(26)24-18/h1-8,12,22H,9-11H2,(H,21,25)(H,23,24,26). The Hall–Kier alpha value is -3.41. The number of para-hydroxylation sites is 2. The highest BCUT2D eigenvalue weighted by Gasteiger charge is 2.09. The van der Waals surface area contributed by atoms with Crippen LogP contribution < -0.4 is 10.9 Å². The average molecular weight is 346 g/mol. The van der Waals surface area contributed by atoms with E-state index in [9.17, 15) is 9.59 Å². The van der Waals surface area contributed by atoms with Crippen LogP contribution in [0.3, 0.4) is 0 Å². The van der Waals surface area contributed by atoms with E-state index in [1.54, 1.807) is 6.07 Å². The second-order valence-electron chi connectivity index (χ2n) is 6.17. The number of rotatable bonds is 5. The molecular weight excluding hydrogens is 328 g/mol. The van der Waals surface area contributed by atoms with Crippen LogP contribution in [0.1, 0.15) is 11.4 Å². The second-order valence-corrected chi connectivity index (χ2v) is 6.17. The summed E-state index contributed by atoms with van der Waals surface area (Å²) in [7, 11) is 0. The Morgan fingerprint density at radius 2 is 1.81 bits per heavy atom. The van der Waals surface area contributed by atoms with Gasteiger partial charge in [0.2, 0.25) is 5.91 Å². The first-order valence-electron chi connectivity index (χ1n) is 8.50. The van der Waals surface area contributed by atoms with Crippen molar-refractivity contribution in [2.45, 2.75) is 12.8 Å². The number of carbonyl (C=O) groups excluding carboxylic acids is 1. The number of hydrogen-bond acceptors (Lipinski definition) is 3. The predicted octanol–water partition coefficient (Wildman–Crippen LogP) is 2.31. The van der Waals surface area contributed by atoms with Crippen LogP contribution in [0, 0.1) is 0 Å². The zero-order valence-electron chi connectivity index (χ0n) is 14.1. The molecule has 0 saturated carbocycles. The number of aromatic nitrogens is 3. The van der Waals surface area contributed by atoms with Crippen LogP contribution in [0.5, 0.6) is 0 Å². The predicted molar refractivity (Wildman–Crippen MR) is 101 cm³/mol. The maximum atomic E-state index is 12.2. The van der Waals surface area contributed by atoms with Crippen molar-refractivity contribution in [3.63, 3.8) is 0 Å². The maximum Gasteiger partial charge on any atom is 0.258 e. The molecule has 0 unspecified atom stereocenters. The third-order valence-electron chi connectivity index (χ3n) is 4.37. The van der Waals surface area contributed by atoms with Gasteiger partial charge in [-0.2, -0.15) is 0 Å². The van der Waals surface area contributed by atoms with Gasteiger partial charge >= 0.3 is 0 Å². The molecule has 0 atom stereocenters. The van der Waals surface area contributed by atoms with Crippen molar-refractivity contribution in [2.75, 3.05) is 6.54 Å². The van der Waals surface area contributed by atoms with Gasteiger partial charge in [0.15, 0.2) is 0 Å². The minimum atomic E-state index is -0.157. The van der Waals surface area contributed by atoms with Crippen molar-refractivity contribution in [3.8, 4) is 0 Å². The monoisotopic (exact) mass is 346 g/mol. The Balaban J connectivity index is 1.39. The summed E-state index contributed by atoms with van der Waals surface area (Å²) >= 11 is 0. The van der Waals surface area contributed by atoms with Crippen LogP contribution in [0.4, 0.5) is 0 Å². The van der Waals surface area contributed by atoms with Crippen LogP contribution >= 0.6 is 0 Å². The van der Waals surface area contributed by atoms with Crippen molar-refractivity contribution in [1.82, 2.24) is 20.3 Å². The third-order valence-corrected chi connectivity index (χ3v) is 4.37. The lowest BCUT2D eigenvalue weighted by atomic mass is 10.1. The number of hydrogen-bond donors (Lipinski definition) is 3. The molecule has 0 spiro atoms. The minimum absolute atomic E-state index is 0.0575. The summed E-state index contributed by atoms with van der Waals surface area (Å²) in [6.45, 7) is 0.419. The lowest BCUT2D eigenvalue weighted by Gasteiger charge is -2.06. The average Bonchev–Trinajstić information content (AvgIpc) is 3.05. The highest BCUT2D eigenvalue weighted by Crippen LogP contribution is 2.17. The fourth-order valence-electron chi connectivity index (χ4n) is 3.09. The third kappa shape index (κ3) is 3.21. The maximum absolute atomic E-state index is 12.2. The van der Waals surface area contributed by atoms with Gasteiger partial charge in [-0.15, -0.1) is 0 Å². The van der Waals surface area contributed by atoms with Gasteiger partial charge in [-0.1, -0.05) is 30.3 Å². The summed E-state index contributed by atoms with van der Waals surface area (Å²) in [6.07, 6.45) is 2.65. The second kappa shape index (κ2) is 6.84. The first-order valence-corrected chi connectivity index (χ1v) is 8.50. The first-order chi connectivity index (χ1) is 12.7. The molecule has 0 bridgehead atoms. The van der Waals surface area contributed by atoms with E-state index in [2.05, 4.69) is 20.3 Å². The lowest BCUT2D eigenvalue weighted by Crippen LogP contribution is -2.28. The summed E-state index contributed by atoms with van der Waals surface area (Å²) < 4.78 is 0. The SMILES string of the molecule is O=C(Cc1c[nH]c2ccccc12)NCCc1nc2ccccc2c(=O)[nH]1. The van der Waals surface area contributed by atoms with Crippen LogP contribution in [-0.2, 0) is 17.6 Å². The van der Waals surface area contributed by atoms with Crippen molar-refractivity contribution < 1.29 is 4.79 Å². The Bertz CT molecular complexity index is 1140. The van der Waals surface area contributed by atoms with E-state index in [0.29, 0.717) is 36.1 Å². The zero-order chi connectivity index (χ0) is 17.9. The van der Waals surface area contributed by atoms with Gasteiger partial charge in [0.1, 0.15) is 5.82 Å². The Labute approximate surface area is 149 Å². The van der Waals surface area contributed by atoms with E-state index >= 15 is 0 Å². The fraction of sp³-hybridized carbons (Fsp3) is 0.150. The van der Waals surface area contributed by atoms with E-state index in [4.69, 9.17) is 0 Å². The molecule has 0 saturated heterocycles. The molecule has 3 N–H and O–H groups in total. The molecule has 0 aliphatic carbocycles. The molecule has 4 aromatic rings. The van der Waals surface area contributed by atoms with Crippen LogP contribution in [0.15, 0.2) is 59.5 Å². The van der Waals surface area contributed by atoms with E-state index in [0.717, 1.165) is 16.5 Å². The summed E-state index contributed by atoms with van der Waals surface area (Å²) in [4.78, 5) is 34.6. The van der Waals surface area contributed by atoms with Gasteiger partial charge < -0.3 is 15.3 Å². The largest absolute Gasteiger partial charge is 0.361 e. The Morgan fingerprint density at radius 3 is 2.69 bits per heavy atom. The number of nitrogens with zero attached hydrogens (tertiary/aromatic N) is 1. The van der Waals surface area contributed by atoms with Gasteiger partial charge in [0.05, 0.1) is 17.3 Å². The molecule has 2 aromatic heterocycles. The molecule has 2 aromatic carbocycles. The van der Waals surface area contributed by atoms with Gasteiger partial charge in [-0.25, -0.2) is 4.98 Å². The normalized spacial score (nSPS) is 11.1. The van der Waals surface area contributed by atoms with Gasteiger partial charge in [-0.05, 0) is 23.8 Å². The van der Waals surface area contributed by atoms with Crippen LogP contribution in [-0.4, -0.2) is 27.4 Å². The van der Waals surface area contributed by atoms with Crippen molar-refractivity contribution >= 4 is 27.7 Å². The van der Waals surface area contributed by atoms with Crippen LogP contribution in [0.25, 0.3) is 21.8 Å². The number of nitrogens with one attached hydrogen (secondary N) is 3. The molecule has 0 aliphatic rings. The van der Waals surface area contributed by atoms with E-state index in [-0.39, 0.29) is 11.5 Å². The highest BCUT2D eigenvalue weighted by molar-refractivity contribution is 5.88. The number of H-pyrrole nitrogens is 2. The van der Waals surface area contributed by atoms with Crippen molar-refractivity contribution in [1.29, 1.82) is 0 Å². The molecule has 130 valence electrons. The molecule has 26 heavy (non-hydrogen) atoms. The van der Waals surface area contributed by atoms with E-state index < -0.39 is 0 Å². The minimum Gasteiger partial charge on any atom is -0.361 e. The molecule has 6 heteroatoms. The molecule has 0 fully saturated rings. The summed E-state index contributed by atoms with van der Waals surface area (Å²) in [6, 6.07) is 15.1. The summed E-state index contributed by atoms with van der Waals surface area (Å²) in [5, 5.41) is 4.51. The van der Waals surface area contributed by atoms with E-state index in [1.807, 2.05) is 48.7 Å². The summed E-state index contributed by atoms with van der Waals surface area (Å²) in [5.74, 6) is 0.513. The zero-order valence-corrected chi connectivity index (χ0v) is 14.1. The molecule has 2 heterocycles. The molecule has 6 nitrogen and oxygen atoms in total. The van der Waals surface area contributed by atoms with Crippen LogP contribution in [0.2, 0.25) is 0 Å². The first kappa shape index (κ1) is 16.1. The van der Waals surface area contributed by atoms with Gasteiger partial charge in [-0.3, -0.25) is 9.59 Å². The summed E-state index contributed by atoms with van der Waals surface area (Å²) in [5.41, 5.74) is 2.50. The smallest absolute Gasteiger partial charge is 0.258 e. The Kier molecular flexibility index (Phi) is 4.23. The number of amides is 1. The number of aromatic amines is 2. The lowest BCUT2D eigenvalue weighted by molar-refractivity contribution is -0.120.